The van der Waals surface area contributed by atoms with Gasteiger partial charge in [-0.3, -0.25) is 0 Å². The molecule has 7 heteroatoms. The Bertz CT molecular complexity index is 1200. The van der Waals surface area contributed by atoms with Crippen LogP contribution in [0.2, 0.25) is 0 Å². The Morgan fingerprint density at radius 2 is 0.719 bits per heavy atom. The standard InChI is InChI=1S/C50H81NO6/c1-5-7-9-11-13-15-17-19-21-23-25-27-29-31-33-35-39-55-48(52)45-42-46(44-47(43-45)50(54)57-41-37-38-51(3)4)49(53)56-40-36-34-32-30-28-26-24-22-20-18-16-14-12-10-8-6-2/h13-16,19-22,42-44H,5-12,17-18,23-41H2,1-4H3/b15-13-,16-14-,21-19-,22-20-. The molecule has 7 nitrogen and oxygen atoms in total. The van der Waals surface area contributed by atoms with Crippen LogP contribution in [0.1, 0.15) is 205 Å². The van der Waals surface area contributed by atoms with Crippen molar-refractivity contribution in [2.45, 2.75) is 174 Å². The van der Waals surface area contributed by atoms with Crippen LogP contribution in [-0.2, 0) is 14.2 Å². The van der Waals surface area contributed by atoms with Crippen molar-refractivity contribution in [3.63, 3.8) is 0 Å². The predicted octanol–water partition coefficient (Wildman–Crippen LogP) is 13.7. The van der Waals surface area contributed by atoms with E-state index in [1.165, 1.54) is 108 Å². The van der Waals surface area contributed by atoms with Gasteiger partial charge in [0.25, 0.3) is 0 Å². The maximum Gasteiger partial charge on any atom is 0.338 e. The van der Waals surface area contributed by atoms with E-state index in [1.807, 2.05) is 19.0 Å². The molecule has 0 saturated carbocycles. The Morgan fingerprint density at radius 3 is 1.05 bits per heavy atom. The van der Waals surface area contributed by atoms with Crippen LogP contribution in [0.3, 0.4) is 0 Å². The molecule has 1 aromatic carbocycles. The topological polar surface area (TPSA) is 82.1 Å². The zero-order valence-electron chi connectivity index (χ0n) is 36.8. The average molecular weight is 792 g/mol. The van der Waals surface area contributed by atoms with E-state index in [0.29, 0.717) is 19.6 Å². The third-order valence-electron chi connectivity index (χ3n) is 9.78. The highest BCUT2D eigenvalue weighted by Crippen LogP contribution is 2.17. The first-order valence-corrected chi connectivity index (χ1v) is 22.8. The van der Waals surface area contributed by atoms with Gasteiger partial charge in [0.1, 0.15) is 0 Å². The normalized spacial score (nSPS) is 11.9. The van der Waals surface area contributed by atoms with Crippen LogP contribution in [0.25, 0.3) is 0 Å². The van der Waals surface area contributed by atoms with Crippen LogP contribution in [-0.4, -0.2) is 63.3 Å². The zero-order chi connectivity index (χ0) is 41.4. The fourth-order valence-corrected chi connectivity index (χ4v) is 6.29. The number of carbonyl (C=O) groups is 3. The quantitative estimate of drug-likeness (QED) is 0.0287. The average Bonchev–Trinajstić information content (AvgIpc) is 3.21. The smallest absolute Gasteiger partial charge is 0.338 e. The lowest BCUT2D eigenvalue weighted by molar-refractivity contribution is 0.0492. The Morgan fingerprint density at radius 1 is 0.421 bits per heavy atom. The second kappa shape index (κ2) is 38.1. The van der Waals surface area contributed by atoms with Gasteiger partial charge in [-0.1, -0.05) is 140 Å². The van der Waals surface area contributed by atoms with Crippen molar-refractivity contribution in [3.05, 3.63) is 83.5 Å². The van der Waals surface area contributed by atoms with E-state index in [1.54, 1.807) is 0 Å². The summed E-state index contributed by atoms with van der Waals surface area (Å²) in [6.07, 6.45) is 46.2. The summed E-state index contributed by atoms with van der Waals surface area (Å²) in [6.45, 7) is 6.08. The predicted molar refractivity (Wildman–Crippen MR) is 239 cm³/mol. The SMILES string of the molecule is CCCCC/C=C\C/C=C\CCCCCCCCOC(=O)c1cc(C(=O)OCCCCCCCC/C=C\C/C=C\CCCCC)cc(C(=O)OCCCN(C)C)c1. The summed E-state index contributed by atoms with van der Waals surface area (Å²) in [5, 5.41) is 0. The van der Waals surface area contributed by atoms with Gasteiger partial charge in [0, 0.05) is 6.54 Å². The molecular formula is C50H81NO6. The number of benzene rings is 1. The van der Waals surface area contributed by atoms with Gasteiger partial charge in [0.2, 0.25) is 0 Å². The molecule has 0 aliphatic rings. The molecule has 0 bridgehead atoms. The van der Waals surface area contributed by atoms with E-state index < -0.39 is 17.9 Å². The molecule has 0 spiro atoms. The number of hydrogen-bond donors (Lipinski definition) is 0. The summed E-state index contributed by atoms with van der Waals surface area (Å²) in [5.74, 6) is -1.69. The van der Waals surface area contributed by atoms with Gasteiger partial charge in [0.05, 0.1) is 36.5 Å². The molecule has 322 valence electrons. The van der Waals surface area contributed by atoms with Crippen LogP contribution in [0.15, 0.2) is 66.8 Å². The van der Waals surface area contributed by atoms with Crippen LogP contribution in [0, 0.1) is 0 Å². The molecule has 57 heavy (non-hydrogen) atoms. The molecule has 1 rings (SSSR count). The summed E-state index contributed by atoms with van der Waals surface area (Å²) >= 11 is 0. The fraction of sp³-hybridized carbons (Fsp3) is 0.660. The molecule has 0 saturated heterocycles. The highest BCUT2D eigenvalue weighted by atomic mass is 16.5. The zero-order valence-corrected chi connectivity index (χ0v) is 36.8. The Kier molecular flexibility index (Phi) is 34.5. The van der Waals surface area contributed by atoms with E-state index in [0.717, 1.165) is 70.8 Å². The lowest BCUT2D eigenvalue weighted by Gasteiger charge is -2.12. The van der Waals surface area contributed by atoms with Crippen molar-refractivity contribution in [2.24, 2.45) is 0 Å². The Balaban J connectivity index is 2.43. The number of rotatable bonds is 37. The molecule has 1 aromatic rings. The van der Waals surface area contributed by atoms with E-state index in [2.05, 4.69) is 62.5 Å². The van der Waals surface area contributed by atoms with Gasteiger partial charge in [-0.2, -0.15) is 0 Å². The maximum atomic E-state index is 13.1. The highest BCUT2D eigenvalue weighted by Gasteiger charge is 2.19. The Hall–Kier alpha value is -3.45. The highest BCUT2D eigenvalue weighted by molar-refractivity contribution is 6.00. The van der Waals surface area contributed by atoms with Crippen molar-refractivity contribution in [3.8, 4) is 0 Å². The van der Waals surface area contributed by atoms with Gasteiger partial charge in [-0.05, 0) is 116 Å². The molecule has 0 fully saturated rings. The molecule has 0 aromatic heterocycles. The molecule has 0 unspecified atom stereocenters. The van der Waals surface area contributed by atoms with Crippen molar-refractivity contribution in [2.75, 3.05) is 40.5 Å². The Labute approximate surface area is 348 Å². The van der Waals surface area contributed by atoms with Crippen molar-refractivity contribution >= 4 is 17.9 Å². The third-order valence-corrected chi connectivity index (χ3v) is 9.78. The van der Waals surface area contributed by atoms with Crippen LogP contribution in [0.5, 0.6) is 0 Å². The van der Waals surface area contributed by atoms with E-state index in [4.69, 9.17) is 14.2 Å². The fourth-order valence-electron chi connectivity index (χ4n) is 6.29. The molecule has 0 aliphatic carbocycles. The van der Waals surface area contributed by atoms with Crippen LogP contribution >= 0.6 is 0 Å². The number of unbranched alkanes of at least 4 members (excludes halogenated alkanes) is 18. The molecule has 0 amide bonds. The van der Waals surface area contributed by atoms with Gasteiger partial charge in [0.15, 0.2) is 0 Å². The summed E-state index contributed by atoms with van der Waals surface area (Å²) in [7, 11) is 3.92. The summed E-state index contributed by atoms with van der Waals surface area (Å²) < 4.78 is 16.6. The molecule has 0 aliphatic heterocycles. The van der Waals surface area contributed by atoms with E-state index >= 15 is 0 Å². The molecule has 0 radical (unpaired) electrons. The van der Waals surface area contributed by atoms with Gasteiger partial charge in [-0.25, -0.2) is 14.4 Å². The summed E-state index contributed by atoms with van der Waals surface area (Å²) in [5.41, 5.74) is 0.445. The maximum absolute atomic E-state index is 13.1. The minimum absolute atomic E-state index is 0.142. The molecular weight excluding hydrogens is 711 g/mol. The first kappa shape index (κ1) is 51.6. The third kappa shape index (κ3) is 31.3. The first-order valence-electron chi connectivity index (χ1n) is 22.8. The minimum atomic E-state index is -0.576. The number of nitrogens with zero attached hydrogens (tertiary/aromatic N) is 1. The van der Waals surface area contributed by atoms with Gasteiger partial charge < -0.3 is 19.1 Å². The van der Waals surface area contributed by atoms with Crippen molar-refractivity contribution in [1.82, 2.24) is 4.90 Å². The summed E-state index contributed by atoms with van der Waals surface area (Å²) in [4.78, 5) is 41.1. The number of ether oxygens (including phenoxy) is 3. The van der Waals surface area contributed by atoms with Crippen LogP contribution in [0.4, 0.5) is 0 Å². The molecule has 0 N–H and O–H groups in total. The first-order chi connectivity index (χ1) is 27.9. The summed E-state index contributed by atoms with van der Waals surface area (Å²) in [6, 6.07) is 4.37. The van der Waals surface area contributed by atoms with Crippen molar-refractivity contribution < 1.29 is 28.6 Å². The van der Waals surface area contributed by atoms with E-state index in [-0.39, 0.29) is 23.3 Å². The van der Waals surface area contributed by atoms with Crippen molar-refractivity contribution in [1.29, 1.82) is 0 Å². The second-order valence-corrected chi connectivity index (χ2v) is 15.5. The minimum Gasteiger partial charge on any atom is -0.462 e. The number of hydrogen-bond acceptors (Lipinski definition) is 7. The monoisotopic (exact) mass is 792 g/mol. The number of carbonyl (C=O) groups excluding carboxylic acids is 3. The van der Waals surface area contributed by atoms with Gasteiger partial charge >= 0.3 is 17.9 Å². The number of esters is 3. The molecule has 0 heterocycles. The van der Waals surface area contributed by atoms with E-state index in [9.17, 15) is 14.4 Å². The van der Waals surface area contributed by atoms with Gasteiger partial charge in [-0.15, -0.1) is 0 Å². The van der Waals surface area contributed by atoms with Crippen LogP contribution < -0.4 is 0 Å². The lowest BCUT2D eigenvalue weighted by atomic mass is 10.1. The lowest BCUT2D eigenvalue weighted by Crippen LogP contribution is -2.17. The second-order valence-electron chi connectivity index (χ2n) is 15.5. The molecule has 0 atom stereocenters. The number of allylic oxidation sites excluding steroid dienone is 8. The largest absolute Gasteiger partial charge is 0.462 e.